The van der Waals surface area contributed by atoms with Crippen molar-refractivity contribution >= 4 is 34.8 Å². The second-order valence-electron chi connectivity index (χ2n) is 9.70. The lowest BCUT2D eigenvalue weighted by molar-refractivity contribution is -0.137. The van der Waals surface area contributed by atoms with Crippen LogP contribution < -0.4 is 5.32 Å². The Kier molecular flexibility index (Phi) is 9.30. The van der Waals surface area contributed by atoms with E-state index in [1.807, 2.05) is 48.5 Å². The number of carboxylic acid groups (broad SMARTS) is 1. The number of nitrogens with one attached hydrogen (secondary N) is 2. The number of tetrazole rings is 1. The monoisotopic (exact) mass is 601 g/mol. The highest BCUT2D eigenvalue weighted by Gasteiger charge is 2.22. The maximum Gasteiger partial charge on any atom is 0.305 e. The predicted molar refractivity (Wildman–Crippen MR) is 160 cm³/mol. The molecule has 214 valence electrons. The van der Waals surface area contributed by atoms with Gasteiger partial charge in [-0.1, -0.05) is 73.5 Å². The maximum atomic E-state index is 13.2. The zero-order valence-corrected chi connectivity index (χ0v) is 24.3. The van der Waals surface area contributed by atoms with E-state index in [1.54, 1.807) is 18.3 Å². The number of hydrogen-bond acceptors (Lipinski definition) is 8. The fourth-order valence-electron chi connectivity index (χ4n) is 4.67. The third-order valence-corrected chi connectivity index (χ3v) is 8.15. The molecule has 1 atom stereocenters. The number of aryl methyl sites for hydroxylation is 1. The van der Waals surface area contributed by atoms with Crippen LogP contribution in [0, 0.1) is 0 Å². The van der Waals surface area contributed by atoms with Crippen LogP contribution in [0.3, 0.4) is 0 Å². The van der Waals surface area contributed by atoms with Crippen LogP contribution in [-0.4, -0.2) is 53.6 Å². The van der Waals surface area contributed by atoms with Gasteiger partial charge in [0.2, 0.25) is 5.82 Å². The van der Waals surface area contributed by atoms with Gasteiger partial charge >= 0.3 is 5.97 Å². The number of hydrogen-bond donors (Lipinski definition) is 3. The van der Waals surface area contributed by atoms with E-state index in [1.165, 1.54) is 11.3 Å². The van der Waals surface area contributed by atoms with Crippen LogP contribution in [0.4, 0.5) is 0 Å². The van der Waals surface area contributed by atoms with Crippen molar-refractivity contribution in [3.8, 4) is 22.5 Å². The first-order valence-corrected chi connectivity index (χ1v) is 14.6. The molecule has 1 unspecified atom stereocenters. The summed E-state index contributed by atoms with van der Waals surface area (Å²) in [5, 5.41) is 27.5. The second-order valence-corrected chi connectivity index (χ2v) is 11.2. The fraction of sp³-hybridized carbons (Fsp3) is 0.233. The number of benzene rings is 2. The standard InChI is InChI=1S/C30H28ClN7O3S/c1-2-7-26-25(15-20-13-12-19(17-32-20)22-9-4-5-10-23(22)28-35-37-38-36-28)34-30(42-26)29(41)33-21(16-27(39)40)14-18-8-3-6-11-24(18)31/h3-6,8-13,17,21H,2,7,14-16H2,1H3,(H,33,41)(H,39,40)(H,35,36,37,38). The normalized spacial score (nSPS) is 11.8. The molecule has 0 fully saturated rings. The van der Waals surface area contributed by atoms with Gasteiger partial charge in [0.1, 0.15) is 0 Å². The molecule has 0 aliphatic heterocycles. The molecular weight excluding hydrogens is 574 g/mol. The SMILES string of the molecule is CCCc1sc(C(=O)NC(CC(=O)O)Cc2ccccc2Cl)nc1Cc1ccc(-c2ccccc2-c2nn[nH]n2)cn1. The Hall–Kier alpha value is -4.48. The molecule has 10 nitrogen and oxygen atoms in total. The molecule has 5 aromatic rings. The summed E-state index contributed by atoms with van der Waals surface area (Å²) in [5.74, 6) is -0.902. The molecule has 3 N–H and O–H groups in total. The number of carboxylic acids is 1. The lowest BCUT2D eigenvalue weighted by Gasteiger charge is -2.17. The first-order chi connectivity index (χ1) is 20.4. The van der Waals surface area contributed by atoms with Gasteiger partial charge in [0.15, 0.2) is 5.01 Å². The first kappa shape index (κ1) is 29.0. The molecule has 0 bridgehead atoms. The third-order valence-electron chi connectivity index (χ3n) is 6.63. The smallest absolute Gasteiger partial charge is 0.305 e. The van der Waals surface area contributed by atoms with Gasteiger partial charge in [-0.15, -0.1) is 21.5 Å². The highest BCUT2D eigenvalue weighted by molar-refractivity contribution is 7.13. The van der Waals surface area contributed by atoms with E-state index < -0.39 is 17.9 Å². The maximum absolute atomic E-state index is 13.2. The molecule has 3 heterocycles. The van der Waals surface area contributed by atoms with Gasteiger partial charge in [0.25, 0.3) is 5.91 Å². The number of pyridine rings is 1. The second kappa shape index (κ2) is 13.5. The Labute approximate surface area is 251 Å². The van der Waals surface area contributed by atoms with Crippen molar-refractivity contribution < 1.29 is 14.7 Å². The number of H-pyrrole nitrogens is 1. The molecule has 0 aliphatic rings. The minimum Gasteiger partial charge on any atom is -0.481 e. The van der Waals surface area contributed by atoms with Crippen LogP contribution in [0.5, 0.6) is 0 Å². The van der Waals surface area contributed by atoms with E-state index in [2.05, 4.69) is 42.8 Å². The van der Waals surface area contributed by atoms with E-state index in [4.69, 9.17) is 11.6 Å². The van der Waals surface area contributed by atoms with Crippen molar-refractivity contribution in [2.45, 2.75) is 45.1 Å². The van der Waals surface area contributed by atoms with E-state index in [-0.39, 0.29) is 6.42 Å². The van der Waals surface area contributed by atoms with Gasteiger partial charge in [-0.25, -0.2) is 4.98 Å². The molecule has 3 aromatic heterocycles. The molecule has 0 saturated carbocycles. The number of aliphatic carboxylic acids is 1. The van der Waals surface area contributed by atoms with E-state index in [0.717, 1.165) is 51.4 Å². The number of halogens is 1. The van der Waals surface area contributed by atoms with Crippen LogP contribution in [-0.2, 0) is 24.1 Å². The molecule has 0 radical (unpaired) electrons. The van der Waals surface area contributed by atoms with Crippen molar-refractivity contribution in [2.24, 2.45) is 0 Å². The van der Waals surface area contributed by atoms with Crippen LogP contribution in [0.1, 0.15) is 51.4 Å². The number of amides is 1. The first-order valence-electron chi connectivity index (χ1n) is 13.4. The fourth-order valence-corrected chi connectivity index (χ4v) is 5.96. The Morgan fingerprint density at radius 1 is 1.07 bits per heavy atom. The Morgan fingerprint density at radius 2 is 1.86 bits per heavy atom. The average molecular weight is 602 g/mol. The number of carbonyl (C=O) groups is 2. The predicted octanol–water partition coefficient (Wildman–Crippen LogP) is 5.40. The molecule has 1 amide bonds. The summed E-state index contributed by atoms with van der Waals surface area (Å²) in [7, 11) is 0. The molecule has 0 aliphatic carbocycles. The lowest BCUT2D eigenvalue weighted by Crippen LogP contribution is -2.38. The zero-order valence-electron chi connectivity index (χ0n) is 22.7. The van der Waals surface area contributed by atoms with Gasteiger partial charge in [-0.05, 0) is 41.3 Å². The minimum atomic E-state index is -1.01. The van der Waals surface area contributed by atoms with Crippen LogP contribution >= 0.6 is 22.9 Å². The minimum absolute atomic E-state index is 0.233. The largest absolute Gasteiger partial charge is 0.481 e. The average Bonchev–Trinajstić information content (AvgIpc) is 3.66. The molecule has 2 aromatic carbocycles. The van der Waals surface area contributed by atoms with Gasteiger partial charge in [0.05, 0.1) is 12.1 Å². The van der Waals surface area contributed by atoms with Crippen molar-refractivity contribution in [1.82, 2.24) is 35.9 Å². The summed E-state index contributed by atoms with van der Waals surface area (Å²) < 4.78 is 0. The highest BCUT2D eigenvalue weighted by Crippen LogP contribution is 2.30. The summed E-state index contributed by atoms with van der Waals surface area (Å²) in [6, 6.07) is 18.3. The number of nitrogens with zero attached hydrogens (tertiary/aromatic N) is 5. The molecule has 42 heavy (non-hydrogen) atoms. The summed E-state index contributed by atoms with van der Waals surface area (Å²) in [6.07, 6.45) is 3.99. The number of carbonyl (C=O) groups excluding carboxylic acids is 1. The number of thiazole rings is 1. The zero-order chi connectivity index (χ0) is 29.5. The topological polar surface area (TPSA) is 147 Å². The van der Waals surface area contributed by atoms with Gasteiger partial charge in [-0.3, -0.25) is 14.6 Å². The molecule has 0 saturated heterocycles. The lowest BCUT2D eigenvalue weighted by atomic mass is 10.00. The Bertz CT molecular complexity index is 1670. The highest BCUT2D eigenvalue weighted by atomic mass is 35.5. The molecule has 12 heteroatoms. The van der Waals surface area contributed by atoms with Gasteiger partial charge in [0, 0.05) is 45.4 Å². The van der Waals surface area contributed by atoms with Crippen molar-refractivity contribution in [3.05, 3.63) is 98.7 Å². The van der Waals surface area contributed by atoms with E-state index in [0.29, 0.717) is 28.7 Å². The van der Waals surface area contributed by atoms with Gasteiger partial charge in [-0.2, -0.15) is 5.21 Å². The van der Waals surface area contributed by atoms with Crippen LogP contribution in [0.2, 0.25) is 5.02 Å². The number of aromatic nitrogens is 6. The summed E-state index contributed by atoms with van der Waals surface area (Å²) in [5.41, 5.74) is 5.07. The molecular formula is C30H28ClN7O3S. The van der Waals surface area contributed by atoms with Crippen molar-refractivity contribution in [3.63, 3.8) is 0 Å². The number of rotatable bonds is 12. The molecule has 5 rings (SSSR count). The van der Waals surface area contributed by atoms with Gasteiger partial charge < -0.3 is 10.4 Å². The van der Waals surface area contributed by atoms with Crippen molar-refractivity contribution in [1.29, 1.82) is 0 Å². The Balaban J connectivity index is 1.33. The van der Waals surface area contributed by atoms with Crippen molar-refractivity contribution in [2.75, 3.05) is 0 Å². The van der Waals surface area contributed by atoms with E-state index >= 15 is 0 Å². The molecule has 0 spiro atoms. The third kappa shape index (κ3) is 7.04. The van der Waals surface area contributed by atoms with Crippen LogP contribution in [0.15, 0.2) is 66.9 Å². The Morgan fingerprint density at radius 3 is 2.55 bits per heavy atom. The number of aromatic amines is 1. The summed E-state index contributed by atoms with van der Waals surface area (Å²) in [4.78, 5) is 35.1. The quantitative estimate of drug-likeness (QED) is 0.172. The summed E-state index contributed by atoms with van der Waals surface area (Å²) >= 11 is 7.62. The summed E-state index contributed by atoms with van der Waals surface area (Å²) in [6.45, 7) is 2.07. The van der Waals surface area contributed by atoms with Crippen LogP contribution in [0.25, 0.3) is 22.5 Å². The van der Waals surface area contributed by atoms with E-state index in [9.17, 15) is 14.7 Å².